The number of rotatable bonds is 3. The van der Waals surface area contributed by atoms with Crippen LogP contribution in [0.5, 0.6) is 0 Å². The Hall–Kier alpha value is -0.610. The Bertz CT molecular complexity index is 313. The molecule has 110 valence electrons. The van der Waals surface area contributed by atoms with Gasteiger partial charge in [0.15, 0.2) is 0 Å². The molecule has 1 aliphatic heterocycles. The maximum atomic E-state index is 12.9. The number of amides is 1. The zero-order valence-corrected chi connectivity index (χ0v) is 12.4. The zero-order chi connectivity index (χ0) is 13.9. The molecule has 4 nitrogen and oxygen atoms in total. The minimum Gasteiger partial charge on any atom is -0.381 e. The Morgan fingerprint density at radius 1 is 1.37 bits per heavy atom. The van der Waals surface area contributed by atoms with Gasteiger partial charge >= 0.3 is 0 Å². The average molecular weight is 268 g/mol. The van der Waals surface area contributed by atoms with Crippen molar-refractivity contribution in [2.24, 2.45) is 11.1 Å². The standard InChI is InChI=1S/C15H28N2O2/c1-15(7-4-3-5-8-15)14(18)17-9-6-13(19-2)10-12(17)11-16/h12-13H,3-11,16H2,1-2H3. The Morgan fingerprint density at radius 2 is 2.05 bits per heavy atom. The minimum atomic E-state index is -0.147. The maximum absolute atomic E-state index is 12.9. The number of nitrogens with zero attached hydrogens (tertiary/aromatic N) is 1. The lowest BCUT2D eigenvalue weighted by atomic mass is 9.74. The van der Waals surface area contributed by atoms with Gasteiger partial charge in [-0.15, -0.1) is 0 Å². The molecular formula is C15H28N2O2. The van der Waals surface area contributed by atoms with Gasteiger partial charge in [0.05, 0.1) is 6.10 Å². The summed E-state index contributed by atoms with van der Waals surface area (Å²) in [6.07, 6.45) is 7.80. The van der Waals surface area contributed by atoms with Crippen molar-refractivity contribution in [1.82, 2.24) is 4.90 Å². The Balaban J connectivity index is 2.05. The van der Waals surface area contributed by atoms with Crippen LogP contribution in [0.1, 0.15) is 51.9 Å². The number of carbonyl (C=O) groups excluding carboxylic acids is 1. The summed E-state index contributed by atoms with van der Waals surface area (Å²) in [5, 5.41) is 0. The van der Waals surface area contributed by atoms with E-state index in [0.717, 1.165) is 32.2 Å². The van der Waals surface area contributed by atoms with E-state index in [1.54, 1.807) is 7.11 Å². The van der Waals surface area contributed by atoms with Crippen molar-refractivity contribution in [3.05, 3.63) is 0 Å². The zero-order valence-electron chi connectivity index (χ0n) is 12.4. The fourth-order valence-electron chi connectivity index (χ4n) is 3.61. The molecule has 0 spiro atoms. The summed E-state index contributed by atoms with van der Waals surface area (Å²) in [5.41, 5.74) is 5.72. The molecule has 1 heterocycles. The highest BCUT2D eigenvalue weighted by atomic mass is 16.5. The first kappa shape index (κ1) is 14.8. The molecule has 2 aliphatic rings. The van der Waals surface area contributed by atoms with Gasteiger partial charge in [-0.1, -0.05) is 26.2 Å². The van der Waals surface area contributed by atoms with Crippen LogP contribution in [-0.2, 0) is 9.53 Å². The van der Waals surface area contributed by atoms with E-state index in [-0.39, 0.29) is 17.6 Å². The monoisotopic (exact) mass is 268 g/mol. The van der Waals surface area contributed by atoms with E-state index in [1.165, 1.54) is 19.3 Å². The number of hydrogen-bond donors (Lipinski definition) is 1. The van der Waals surface area contributed by atoms with Crippen molar-refractivity contribution in [3.8, 4) is 0 Å². The molecule has 1 amide bonds. The molecule has 0 aromatic heterocycles. The highest BCUT2D eigenvalue weighted by molar-refractivity contribution is 5.83. The predicted molar refractivity (Wildman–Crippen MR) is 75.8 cm³/mol. The van der Waals surface area contributed by atoms with Crippen molar-refractivity contribution >= 4 is 5.91 Å². The van der Waals surface area contributed by atoms with E-state index >= 15 is 0 Å². The van der Waals surface area contributed by atoms with Crippen LogP contribution in [0.15, 0.2) is 0 Å². The van der Waals surface area contributed by atoms with E-state index < -0.39 is 0 Å². The summed E-state index contributed by atoms with van der Waals surface area (Å²) in [6.45, 7) is 3.49. The van der Waals surface area contributed by atoms with Crippen molar-refractivity contribution in [3.63, 3.8) is 0 Å². The number of ether oxygens (including phenoxy) is 1. The second kappa shape index (κ2) is 6.23. The fourth-order valence-corrected chi connectivity index (χ4v) is 3.61. The van der Waals surface area contributed by atoms with Crippen LogP contribution < -0.4 is 5.73 Å². The third-order valence-corrected chi connectivity index (χ3v) is 5.01. The van der Waals surface area contributed by atoms with Gasteiger partial charge in [-0.2, -0.15) is 0 Å². The van der Waals surface area contributed by atoms with Gasteiger partial charge < -0.3 is 15.4 Å². The van der Waals surface area contributed by atoms with Gasteiger partial charge in [-0.25, -0.2) is 0 Å². The Kier molecular flexibility index (Phi) is 4.85. The van der Waals surface area contributed by atoms with Gasteiger partial charge in [-0.05, 0) is 25.7 Å². The molecule has 0 bridgehead atoms. The van der Waals surface area contributed by atoms with E-state index in [2.05, 4.69) is 6.92 Å². The molecule has 0 aromatic carbocycles. The number of nitrogens with two attached hydrogens (primary N) is 1. The number of likely N-dealkylation sites (tertiary alicyclic amines) is 1. The summed E-state index contributed by atoms with van der Waals surface area (Å²) in [6, 6.07) is 0.157. The predicted octanol–water partition coefficient (Wildman–Crippen LogP) is 1.92. The molecule has 4 heteroatoms. The first-order chi connectivity index (χ1) is 9.10. The molecule has 0 radical (unpaired) electrons. The molecule has 1 aliphatic carbocycles. The van der Waals surface area contributed by atoms with Crippen LogP contribution in [0.25, 0.3) is 0 Å². The largest absolute Gasteiger partial charge is 0.381 e. The van der Waals surface area contributed by atoms with Crippen LogP contribution >= 0.6 is 0 Å². The Morgan fingerprint density at radius 3 is 2.63 bits per heavy atom. The van der Waals surface area contributed by atoms with E-state index in [0.29, 0.717) is 12.5 Å². The van der Waals surface area contributed by atoms with Crippen LogP contribution in [0.4, 0.5) is 0 Å². The second-order valence-electron chi connectivity index (χ2n) is 6.39. The van der Waals surface area contributed by atoms with Gasteiger partial charge in [0.1, 0.15) is 0 Å². The highest BCUT2D eigenvalue weighted by Crippen LogP contribution is 2.38. The van der Waals surface area contributed by atoms with Gasteiger partial charge in [0.25, 0.3) is 0 Å². The van der Waals surface area contributed by atoms with Crippen molar-refractivity contribution < 1.29 is 9.53 Å². The van der Waals surface area contributed by atoms with Crippen LogP contribution in [0, 0.1) is 5.41 Å². The molecule has 1 saturated heterocycles. The van der Waals surface area contributed by atoms with Crippen molar-refractivity contribution in [2.75, 3.05) is 20.2 Å². The highest BCUT2D eigenvalue weighted by Gasteiger charge is 2.41. The molecule has 2 rings (SSSR count). The molecule has 2 N–H and O–H groups in total. The molecular weight excluding hydrogens is 240 g/mol. The summed E-state index contributed by atoms with van der Waals surface area (Å²) in [5.74, 6) is 0.331. The summed E-state index contributed by atoms with van der Waals surface area (Å²) in [4.78, 5) is 14.9. The average Bonchev–Trinajstić information content (AvgIpc) is 2.46. The summed E-state index contributed by atoms with van der Waals surface area (Å²) >= 11 is 0. The second-order valence-corrected chi connectivity index (χ2v) is 6.39. The Labute approximate surface area is 116 Å². The van der Waals surface area contributed by atoms with E-state index in [9.17, 15) is 4.79 Å². The van der Waals surface area contributed by atoms with E-state index in [4.69, 9.17) is 10.5 Å². The minimum absolute atomic E-state index is 0.147. The topological polar surface area (TPSA) is 55.6 Å². The number of methoxy groups -OCH3 is 1. The normalized spacial score (nSPS) is 31.2. The fraction of sp³-hybridized carbons (Fsp3) is 0.933. The summed E-state index contributed by atoms with van der Waals surface area (Å²) in [7, 11) is 1.75. The quantitative estimate of drug-likeness (QED) is 0.851. The molecule has 2 fully saturated rings. The number of hydrogen-bond acceptors (Lipinski definition) is 3. The number of carbonyl (C=O) groups is 1. The van der Waals surface area contributed by atoms with Gasteiger partial charge in [0, 0.05) is 31.7 Å². The lowest BCUT2D eigenvalue weighted by Gasteiger charge is -2.44. The van der Waals surface area contributed by atoms with Crippen LogP contribution in [-0.4, -0.2) is 43.2 Å². The first-order valence-electron chi connectivity index (χ1n) is 7.64. The van der Waals surface area contributed by atoms with Gasteiger partial charge in [-0.3, -0.25) is 4.79 Å². The summed E-state index contributed by atoms with van der Waals surface area (Å²) < 4.78 is 5.43. The SMILES string of the molecule is COC1CCN(C(=O)C2(C)CCCCC2)C(CN)C1. The number of piperidine rings is 1. The van der Waals surface area contributed by atoms with Crippen molar-refractivity contribution in [1.29, 1.82) is 0 Å². The molecule has 19 heavy (non-hydrogen) atoms. The maximum Gasteiger partial charge on any atom is 0.228 e. The first-order valence-corrected chi connectivity index (χ1v) is 7.64. The lowest BCUT2D eigenvalue weighted by molar-refractivity contribution is -0.148. The third-order valence-electron chi connectivity index (χ3n) is 5.01. The third kappa shape index (κ3) is 3.11. The van der Waals surface area contributed by atoms with Crippen molar-refractivity contribution in [2.45, 2.75) is 64.0 Å². The van der Waals surface area contributed by atoms with Crippen LogP contribution in [0.3, 0.4) is 0 Å². The van der Waals surface area contributed by atoms with Crippen LogP contribution in [0.2, 0.25) is 0 Å². The lowest BCUT2D eigenvalue weighted by Crippen LogP contribution is -2.55. The molecule has 1 saturated carbocycles. The van der Waals surface area contributed by atoms with E-state index in [1.807, 2.05) is 4.90 Å². The smallest absolute Gasteiger partial charge is 0.228 e. The molecule has 2 unspecified atom stereocenters. The molecule has 2 atom stereocenters. The van der Waals surface area contributed by atoms with Gasteiger partial charge in [0.2, 0.25) is 5.91 Å². The molecule has 0 aromatic rings.